The van der Waals surface area contributed by atoms with Gasteiger partial charge in [0.25, 0.3) is 0 Å². The van der Waals surface area contributed by atoms with Crippen LogP contribution in [0, 0.1) is 19.3 Å². The molecule has 0 spiro atoms. The van der Waals surface area contributed by atoms with Crippen LogP contribution in [0.3, 0.4) is 0 Å². The number of para-hydroxylation sites is 1. The van der Waals surface area contributed by atoms with E-state index in [0.717, 1.165) is 16.9 Å². The molecule has 7 nitrogen and oxygen atoms in total. The molecule has 0 fully saturated rings. The van der Waals surface area contributed by atoms with E-state index in [4.69, 9.17) is 5.41 Å². The first kappa shape index (κ1) is 19.2. The maximum Gasteiger partial charge on any atom is 0.233 e. The lowest BCUT2D eigenvalue weighted by Crippen LogP contribution is -2.32. The molecule has 8 heteroatoms. The first-order chi connectivity index (χ1) is 13.0. The predicted octanol–water partition coefficient (Wildman–Crippen LogP) is 2.81. The zero-order valence-corrected chi connectivity index (χ0v) is 16.9. The van der Waals surface area contributed by atoms with Crippen molar-refractivity contribution in [3.8, 4) is 5.69 Å². The van der Waals surface area contributed by atoms with E-state index in [1.165, 1.54) is 11.8 Å². The molecule has 0 saturated heterocycles. The Hall–Kier alpha value is -2.61. The summed E-state index contributed by atoms with van der Waals surface area (Å²) in [6, 6.07) is 7.88. The van der Waals surface area contributed by atoms with Crippen molar-refractivity contribution in [2.75, 3.05) is 18.8 Å². The number of fused-ring (bicyclic) bond motifs is 1. The topological polar surface area (TPSA) is 90.7 Å². The van der Waals surface area contributed by atoms with Crippen LogP contribution in [-0.2, 0) is 4.79 Å². The second-order valence-electron chi connectivity index (χ2n) is 6.27. The second-order valence-corrected chi connectivity index (χ2v) is 7.21. The van der Waals surface area contributed by atoms with Gasteiger partial charge in [0.1, 0.15) is 5.49 Å². The van der Waals surface area contributed by atoms with E-state index in [9.17, 15) is 4.79 Å². The molecule has 2 N–H and O–H groups in total. The molecule has 0 unspecified atom stereocenters. The van der Waals surface area contributed by atoms with Crippen molar-refractivity contribution in [3.63, 3.8) is 0 Å². The summed E-state index contributed by atoms with van der Waals surface area (Å²) >= 11 is 1.34. The highest BCUT2D eigenvalue weighted by atomic mass is 32.2. The van der Waals surface area contributed by atoms with E-state index in [1.54, 1.807) is 9.47 Å². The number of carbonyl (C=O) groups excluding carboxylic acids is 1. The van der Waals surface area contributed by atoms with Gasteiger partial charge in [0, 0.05) is 18.8 Å². The number of aromatic nitrogens is 4. The molecule has 142 valence electrons. The van der Waals surface area contributed by atoms with E-state index < -0.39 is 0 Å². The Morgan fingerprint density at radius 2 is 1.96 bits per heavy atom. The van der Waals surface area contributed by atoms with Crippen molar-refractivity contribution in [3.05, 3.63) is 41.0 Å². The van der Waals surface area contributed by atoms with E-state index in [-0.39, 0.29) is 11.7 Å². The second kappa shape index (κ2) is 7.96. The Bertz CT molecular complexity index is 1030. The SMILES string of the molecule is CCN(CC)C(=O)CSc1nc2n[nH]c(C)c2c(=N)n1-c1ccccc1C. The molecule has 0 atom stereocenters. The Kier molecular flexibility index (Phi) is 5.65. The zero-order valence-electron chi connectivity index (χ0n) is 16.0. The zero-order chi connectivity index (χ0) is 19.6. The molecule has 2 aromatic heterocycles. The molecule has 1 aromatic carbocycles. The van der Waals surface area contributed by atoms with Crippen LogP contribution in [0.25, 0.3) is 16.7 Å². The minimum atomic E-state index is 0.0629. The Balaban J connectivity index is 2.11. The number of rotatable bonds is 6. The van der Waals surface area contributed by atoms with Crippen LogP contribution in [0.5, 0.6) is 0 Å². The fraction of sp³-hybridized carbons (Fsp3) is 0.368. The van der Waals surface area contributed by atoms with Crippen LogP contribution < -0.4 is 5.49 Å². The van der Waals surface area contributed by atoms with E-state index in [1.807, 2.05) is 52.0 Å². The maximum atomic E-state index is 12.4. The number of amides is 1. The monoisotopic (exact) mass is 384 g/mol. The highest BCUT2D eigenvalue weighted by molar-refractivity contribution is 7.99. The third-order valence-corrected chi connectivity index (χ3v) is 5.50. The van der Waals surface area contributed by atoms with Crippen molar-refractivity contribution in [2.24, 2.45) is 0 Å². The van der Waals surface area contributed by atoms with Gasteiger partial charge >= 0.3 is 0 Å². The molecule has 3 aromatic rings. The van der Waals surface area contributed by atoms with Crippen LogP contribution in [0.2, 0.25) is 0 Å². The smallest absolute Gasteiger partial charge is 0.233 e. The van der Waals surface area contributed by atoms with Gasteiger partial charge in [-0.3, -0.25) is 19.9 Å². The Morgan fingerprint density at radius 3 is 2.63 bits per heavy atom. The predicted molar refractivity (Wildman–Crippen MR) is 107 cm³/mol. The largest absolute Gasteiger partial charge is 0.343 e. The molecule has 2 heterocycles. The number of aryl methyl sites for hydroxylation is 2. The standard InChI is InChI=1S/C19H24N6OS/c1-5-24(6-2)15(26)11-27-19-21-18-16(13(4)22-23-18)17(20)25(19)14-10-8-7-9-12(14)3/h7-10,20H,5-6,11H2,1-4H3,(H,22,23). The summed E-state index contributed by atoms with van der Waals surface area (Å²) in [7, 11) is 0. The van der Waals surface area contributed by atoms with Crippen molar-refractivity contribution in [1.29, 1.82) is 5.41 Å². The van der Waals surface area contributed by atoms with E-state index >= 15 is 0 Å². The number of benzene rings is 1. The molecule has 0 aliphatic heterocycles. The summed E-state index contributed by atoms with van der Waals surface area (Å²) in [6.07, 6.45) is 0. The molecular weight excluding hydrogens is 360 g/mol. The molecule has 0 aliphatic rings. The highest BCUT2D eigenvalue weighted by Gasteiger charge is 2.18. The summed E-state index contributed by atoms with van der Waals surface area (Å²) in [5.41, 5.74) is 3.55. The van der Waals surface area contributed by atoms with Crippen LogP contribution in [0.4, 0.5) is 0 Å². The lowest BCUT2D eigenvalue weighted by Gasteiger charge is -2.19. The number of H-pyrrole nitrogens is 1. The van der Waals surface area contributed by atoms with Gasteiger partial charge in [-0.05, 0) is 39.3 Å². The fourth-order valence-corrected chi connectivity index (χ4v) is 3.96. The van der Waals surface area contributed by atoms with Crippen molar-refractivity contribution in [1.82, 2.24) is 24.6 Å². The van der Waals surface area contributed by atoms with Gasteiger partial charge in [0.2, 0.25) is 5.91 Å². The summed E-state index contributed by atoms with van der Waals surface area (Å²) in [4.78, 5) is 18.9. The van der Waals surface area contributed by atoms with E-state index in [0.29, 0.717) is 34.8 Å². The van der Waals surface area contributed by atoms with Gasteiger partial charge in [-0.25, -0.2) is 4.98 Å². The third-order valence-electron chi connectivity index (χ3n) is 4.58. The van der Waals surface area contributed by atoms with Crippen molar-refractivity contribution >= 4 is 28.7 Å². The number of aromatic amines is 1. The Morgan fingerprint density at radius 1 is 1.26 bits per heavy atom. The average molecular weight is 385 g/mol. The summed E-state index contributed by atoms with van der Waals surface area (Å²) in [6.45, 7) is 9.19. The van der Waals surface area contributed by atoms with Gasteiger partial charge in [-0.15, -0.1) is 0 Å². The number of hydrogen-bond donors (Lipinski definition) is 2. The lowest BCUT2D eigenvalue weighted by atomic mass is 10.2. The minimum absolute atomic E-state index is 0.0629. The summed E-state index contributed by atoms with van der Waals surface area (Å²) < 4.78 is 1.81. The third kappa shape index (κ3) is 3.62. The van der Waals surface area contributed by atoms with Crippen LogP contribution in [0.1, 0.15) is 25.1 Å². The van der Waals surface area contributed by atoms with E-state index in [2.05, 4.69) is 15.2 Å². The summed E-state index contributed by atoms with van der Waals surface area (Å²) in [5, 5.41) is 17.2. The van der Waals surface area contributed by atoms with Crippen LogP contribution in [-0.4, -0.2) is 49.4 Å². The van der Waals surface area contributed by atoms with Gasteiger partial charge in [0.05, 0.1) is 16.8 Å². The number of thioether (sulfide) groups is 1. The normalized spacial score (nSPS) is 11.1. The van der Waals surface area contributed by atoms with Gasteiger partial charge in [-0.1, -0.05) is 30.0 Å². The van der Waals surface area contributed by atoms with Crippen LogP contribution >= 0.6 is 11.8 Å². The maximum absolute atomic E-state index is 12.4. The molecular formula is C19H24N6OS. The quantitative estimate of drug-likeness (QED) is 0.505. The fourth-order valence-electron chi connectivity index (χ4n) is 3.06. The molecule has 0 saturated carbocycles. The molecule has 0 aliphatic carbocycles. The number of carbonyl (C=O) groups is 1. The first-order valence-electron chi connectivity index (χ1n) is 8.96. The van der Waals surface area contributed by atoms with Gasteiger partial charge < -0.3 is 4.90 Å². The number of hydrogen-bond acceptors (Lipinski definition) is 5. The molecule has 0 radical (unpaired) electrons. The average Bonchev–Trinajstić information content (AvgIpc) is 3.03. The minimum Gasteiger partial charge on any atom is -0.343 e. The first-order valence-corrected chi connectivity index (χ1v) is 9.95. The summed E-state index contributed by atoms with van der Waals surface area (Å²) in [5.74, 6) is 0.336. The van der Waals surface area contributed by atoms with Gasteiger partial charge in [-0.2, -0.15) is 5.10 Å². The molecule has 0 bridgehead atoms. The highest BCUT2D eigenvalue weighted by Crippen LogP contribution is 2.23. The van der Waals surface area contributed by atoms with Gasteiger partial charge in [0.15, 0.2) is 10.8 Å². The van der Waals surface area contributed by atoms with Crippen LogP contribution in [0.15, 0.2) is 29.4 Å². The molecule has 27 heavy (non-hydrogen) atoms. The number of nitrogens with zero attached hydrogens (tertiary/aromatic N) is 4. The van der Waals surface area contributed by atoms with Crippen molar-refractivity contribution in [2.45, 2.75) is 32.9 Å². The Labute approximate surface area is 162 Å². The molecule has 1 amide bonds. The molecule has 3 rings (SSSR count). The van der Waals surface area contributed by atoms with Crippen molar-refractivity contribution < 1.29 is 4.79 Å². The number of nitrogens with one attached hydrogen (secondary N) is 2. The lowest BCUT2D eigenvalue weighted by molar-refractivity contribution is -0.127.